The molecule has 0 unspecified atom stereocenters. The van der Waals surface area contributed by atoms with Gasteiger partial charge in [-0.15, -0.1) is 11.3 Å². The molecule has 2 aliphatic heterocycles. The van der Waals surface area contributed by atoms with Crippen LogP contribution in [0.3, 0.4) is 0 Å². The number of thiophene rings is 1. The number of sulfonamides is 1. The van der Waals surface area contributed by atoms with Crippen LogP contribution in [0.2, 0.25) is 0 Å². The summed E-state index contributed by atoms with van der Waals surface area (Å²) in [6.07, 6.45) is 1.45. The summed E-state index contributed by atoms with van der Waals surface area (Å²) in [6.45, 7) is 7.78. The minimum atomic E-state index is -3.38. The first-order chi connectivity index (χ1) is 13.0. The van der Waals surface area contributed by atoms with Crippen LogP contribution in [-0.2, 0) is 19.6 Å². The second-order valence-corrected chi connectivity index (χ2v) is 10.3. The molecule has 3 heterocycles. The molecule has 0 saturated carbocycles. The van der Waals surface area contributed by atoms with Gasteiger partial charge in [0.25, 0.3) is 10.0 Å². The molecule has 1 amide bonds. The highest BCUT2D eigenvalue weighted by Gasteiger charge is 2.33. The van der Waals surface area contributed by atoms with Gasteiger partial charge in [-0.3, -0.25) is 9.69 Å². The van der Waals surface area contributed by atoms with E-state index in [9.17, 15) is 13.2 Å². The summed E-state index contributed by atoms with van der Waals surface area (Å²) in [5.74, 6) is 0.201. The minimum Gasteiger partial charge on any atom is -0.379 e. The van der Waals surface area contributed by atoms with Crippen molar-refractivity contribution in [2.75, 3.05) is 52.5 Å². The van der Waals surface area contributed by atoms with Crippen molar-refractivity contribution < 1.29 is 17.9 Å². The maximum absolute atomic E-state index is 12.6. The third kappa shape index (κ3) is 5.29. The van der Waals surface area contributed by atoms with Crippen molar-refractivity contribution in [2.45, 2.75) is 24.0 Å². The number of ether oxygens (including phenoxy) is 1. The van der Waals surface area contributed by atoms with E-state index in [1.807, 2.05) is 6.92 Å². The third-order valence-corrected chi connectivity index (χ3v) is 8.81. The number of hydrogen-bond donors (Lipinski definition) is 1. The normalized spacial score (nSPS) is 21.8. The number of morpholine rings is 1. The summed E-state index contributed by atoms with van der Waals surface area (Å²) < 4.78 is 32.5. The number of piperidine rings is 1. The summed E-state index contributed by atoms with van der Waals surface area (Å²) in [6, 6.07) is 3.41. The van der Waals surface area contributed by atoms with E-state index in [-0.39, 0.29) is 17.7 Å². The van der Waals surface area contributed by atoms with E-state index in [2.05, 4.69) is 10.2 Å². The first-order valence-corrected chi connectivity index (χ1v) is 11.9. The van der Waals surface area contributed by atoms with Crippen molar-refractivity contribution in [1.82, 2.24) is 14.5 Å². The second kappa shape index (κ2) is 9.47. The number of nitrogens with zero attached hydrogens (tertiary/aromatic N) is 2. The maximum atomic E-state index is 12.6. The fraction of sp³-hybridized carbons (Fsp3) is 0.722. The summed E-state index contributed by atoms with van der Waals surface area (Å²) in [5.41, 5.74) is 0. The molecule has 1 aromatic rings. The smallest absolute Gasteiger partial charge is 0.252 e. The van der Waals surface area contributed by atoms with Crippen molar-refractivity contribution in [2.24, 2.45) is 11.8 Å². The lowest BCUT2D eigenvalue weighted by atomic mass is 9.85. The van der Waals surface area contributed by atoms with Crippen molar-refractivity contribution in [3.8, 4) is 0 Å². The molecular formula is C18H29N3O4S2. The predicted molar refractivity (Wildman–Crippen MR) is 105 cm³/mol. The van der Waals surface area contributed by atoms with Gasteiger partial charge in [0, 0.05) is 45.2 Å². The van der Waals surface area contributed by atoms with E-state index in [1.54, 1.807) is 21.8 Å². The predicted octanol–water partition coefficient (Wildman–Crippen LogP) is 1.23. The van der Waals surface area contributed by atoms with Crippen LogP contribution in [-0.4, -0.2) is 76.0 Å². The van der Waals surface area contributed by atoms with Gasteiger partial charge in [-0.25, -0.2) is 8.42 Å². The highest BCUT2D eigenvalue weighted by Crippen LogP contribution is 2.29. The first-order valence-electron chi connectivity index (χ1n) is 9.60. The lowest BCUT2D eigenvalue weighted by Gasteiger charge is -2.33. The number of rotatable bonds is 7. The SMILES string of the molecule is C[C@@H](C(=O)NCCN1CCOCC1)C1CCN(S(=O)(=O)c2cccs2)CC1. The van der Waals surface area contributed by atoms with Crippen LogP contribution in [0.5, 0.6) is 0 Å². The van der Waals surface area contributed by atoms with Gasteiger partial charge < -0.3 is 10.1 Å². The Hall–Kier alpha value is -1.00. The standard InChI is InChI=1S/C18H29N3O4S2/c1-15(18(22)19-6-9-20-10-12-25-13-11-20)16-4-7-21(8-5-16)27(23,24)17-3-2-14-26-17/h2-3,14-16H,4-13H2,1H3,(H,19,22)/t15-/m1/s1. The molecule has 1 atom stereocenters. The Balaban J connectivity index is 1.42. The largest absolute Gasteiger partial charge is 0.379 e. The molecule has 2 fully saturated rings. The Labute approximate surface area is 165 Å². The summed E-state index contributed by atoms with van der Waals surface area (Å²) in [5, 5.41) is 4.82. The van der Waals surface area contributed by atoms with Gasteiger partial charge in [0.05, 0.1) is 13.2 Å². The molecule has 1 N–H and O–H groups in total. The summed E-state index contributed by atoms with van der Waals surface area (Å²) in [7, 11) is -3.38. The zero-order chi connectivity index (χ0) is 19.3. The molecule has 152 valence electrons. The molecule has 1 aromatic heterocycles. The fourth-order valence-corrected chi connectivity index (χ4v) is 6.30. The van der Waals surface area contributed by atoms with E-state index in [0.717, 1.165) is 45.7 Å². The molecule has 0 aliphatic carbocycles. The zero-order valence-corrected chi connectivity index (χ0v) is 17.4. The molecule has 7 nitrogen and oxygen atoms in total. The monoisotopic (exact) mass is 415 g/mol. The van der Waals surface area contributed by atoms with Crippen LogP contribution in [0.4, 0.5) is 0 Å². The highest BCUT2D eigenvalue weighted by atomic mass is 32.2. The van der Waals surface area contributed by atoms with Gasteiger partial charge in [-0.05, 0) is 30.2 Å². The van der Waals surface area contributed by atoms with Gasteiger partial charge in [0.15, 0.2) is 0 Å². The molecular weight excluding hydrogens is 386 g/mol. The van der Waals surface area contributed by atoms with E-state index in [1.165, 1.54) is 11.3 Å². The van der Waals surface area contributed by atoms with Gasteiger partial charge in [-0.1, -0.05) is 13.0 Å². The zero-order valence-electron chi connectivity index (χ0n) is 15.8. The van der Waals surface area contributed by atoms with Gasteiger partial charge in [0.1, 0.15) is 4.21 Å². The maximum Gasteiger partial charge on any atom is 0.252 e. The van der Waals surface area contributed by atoms with Crippen LogP contribution >= 0.6 is 11.3 Å². The van der Waals surface area contributed by atoms with Crippen LogP contribution < -0.4 is 5.32 Å². The number of nitrogens with one attached hydrogen (secondary N) is 1. The average Bonchev–Trinajstić information content (AvgIpc) is 3.24. The van der Waals surface area contributed by atoms with Crippen molar-refractivity contribution >= 4 is 27.3 Å². The quantitative estimate of drug-likeness (QED) is 0.725. The number of carbonyl (C=O) groups is 1. The lowest BCUT2D eigenvalue weighted by Crippen LogP contribution is -2.44. The lowest BCUT2D eigenvalue weighted by molar-refractivity contribution is -0.126. The molecule has 2 aliphatic rings. The van der Waals surface area contributed by atoms with Crippen LogP contribution in [0, 0.1) is 11.8 Å². The second-order valence-electron chi connectivity index (χ2n) is 7.21. The fourth-order valence-electron chi connectivity index (χ4n) is 3.69. The average molecular weight is 416 g/mol. The van der Waals surface area contributed by atoms with Crippen molar-refractivity contribution in [3.63, 3.8) is 0 Å². The van der Waals surface area contributed by atoms with Gasteiger partial charge >= 0.3 is 0 Å². The number of carbonyl (C=O) groups excluding carboxylic acids is 1. The molecule has 3 rings (SSSR count). The molecule has 27 heavy (non-hydrogen) atoms. The number of hydrogen-bond acceptors (Lipinski definition) is 6. The van der Waals surface area contributed by atoms with Crippen LogP contribution in [0.15, 0.2) is 21.7 Å². The third-order valence-electron chi connectivity index (χ3n) is 5.54. The Kier molecular flexibility index (Phi) is 7.27. The van der Waals surface area contributed by atoms with Crippen molar-refractivity contribution in [1.29, 1.82) is 0 Å². The minimum absolute atomic E-state index is 0.0721. The number of amides is 1. The Bertz CT molecular complexity index is 694. The summed E-state index contributed by atoms with van der Waals surface area (Å²) >= 11 is 1.25. The topological polar surface area (TPSA) is 79.0 Å². The molecule has 9 heteroatoms. The Morgan fingerprint density at radius 3 is 2.63 bits per heavy atom. The molecule has 0 bridgehead atoms. The first kappa shape index (κ1) is 20.7. The molecule has 2 saturated heterocycles. The summed E-state index contributed by atoms with van der Waals surface area (Å²) in [4.78, 5) is 14.8. The van der Waals surface area contributed by atoms with E-state index < -0.39 is 10.0 Å². The Morgan fingerprint density at radius 1 is 1.30 bits per heavy atom. The van der Waals surface area contributed by atoms with E-state index in [4.69, 9.17) is 4.74 Å². The Morgan fingerprint density at radius 2 is 2.00 bits per heavy atom. The van der Waals surface area contributed by atoms with Gasteiger partial charge in [-0.2, -0.15) is 4.31 Å². The van der Waals surface area contributed by atoms with Crippen molar-refractivity contribution in [3.05, 3.63) is 17.5 Å². The van der Waals surface area contributed by atoms with Gasteiger partial charge in [0.2, 0.25) is 5.91 Å². The molecule has 0 radical (unpaired) electrons. The van der Waals surface area contributed by atoms with E-state index >= 15 is 0 Å². The molecule has 0 spiro atoms. The highest BCUT2D eigenvalue weighted by molar-refractivity contribution is 7.91. The molecule has 0 aromatic carbocycles. The van der Waals surface area contributed by atoms with E-state index in [0.29, 0.717) is 23.8 Å². The van der Waals surface area contributed by atoms with Crippen LogP contribution in [0.25, 0.3) is 0 Å². The van der Waals surface area contributed by atoms with Crippen LogP contribution in [0.1, 0.15) is 19.8 Å².